The van der Waals surface area contributed by atoms with Gasteiger partial charge in [0.1, 0.15) is 5.82 Å². The third-order valence-corrected chi connectivity index (χ3v) is 6.43. The van der Waals surface area contributed by atoms with Crippen LogP contribution in [0.4, 0.5) is 0 Å². The summed E-state index contributed by atoms with van der Waals surface area (Å²) in [6, 6.07) is 10.6. The Morgan fingerprint density at radius 1 is 1.20 bits per heavy atom. The topological polar surface area (TPSA) is 92.0 Å². The lowest BCUT2D eigenvalue weighted by Gasteiger charge is -2.22. The smallest absolute Gasteiger partial charge is 0.346 e. The molecule has 1 aliphatic rings. The van der Waals surface area contributed by atoms with Crippen LogP contribution < -0.4 is 15.0 Å². The second-order valence-corrected chi connectivity index (χ2v) is 8.91. The van der Waals surface area contributed by atoms with Crippen LogP contribution in [0.15, 0.2) is 46.3 Å². The van der Waals surface area contributed by atoms with Crippen LogP contribution in [-0.2, 0) is 9.53 Å². The molecule has 0 saturated heterocycles. The van der Waals surface area contributed by atoms with Crippen molar-refractivity contribution in [1.29, 1.82) is 0 Å². The third kappa shape index (κ3) is 5.32. The Hall–Kier alpha value is -3.39. The molecule has 0 bridgehead atoms. The Morgan fingerprint density at radius 3 is 2.66 bits per heavy atom. The number of fused-ring (bicyclic) bond motifs is 1. The van der Waals surface area contributed by atoms with Crippen molar-refractivity contribution in [3.05, 3.63) is 63.2 Å². The molecule has 184 valence electrons. The summed E-state index contributed by atoms with van der Waals surface area (Å²) >= 11 is 6.45. The van der Waals surface area contributed by atoms with Crippen LogP contribution in [0.25, 0.3) is 10.9 Å². The molecule has 1 heterocycles. The average molecular weight is 498 g/mol. The van der Waals surface area contributed by atoms with E-state index in [0.29, 0.717) is 28.0 Å². The number of hydrogen-bond donors (Lipinski definition) is 0. The number of halogens is 1. The molecule has 9 heteroatoms. The Kier molecular flexibility index (Phi) is 7.70. The summed E-state index contributed by atoms with van der Waals surface area (Å²) in [5.41, 5.74) is 1.06. The van der Waals surface area contributed by atoms with Crippen molar-refractivity contribution < 1.29 is 19.0 Å². The zero-order chi connectivity index (χ0) is 24.9. The van der Waals surface area contributed by atoms with Gasteiger partial charge < -0.3 is 14.2 Å². The molecule has 8 nitrogen and oxygen atoms in total. The fourth-order valence-corrected chi connectivity index (χ4v) is 4.59. The van der Waals surface area contributed by atoms with E-state index in [1.165, 1.54) is 25.3 Å². The SMILES string of the molecule is COC(=O)[C@H](C)Oc1c(Cl)cc(C=Nn2c(C3CCCCC3)nc3ccccc3c2=O)cc1OC. The van der Waals surface area contributed by atoms with Crippen LogP contribution in [0.2, 0.25) is 5.02 Å². The van der Waals surface area contributed by atoms with E-state index in [1.54, 1.807) is 31.3 Å². The van der Waals surface area contributed by atoms with E-state index in [2.05, 4.69) is 5.10 Å². The van der Waals surface area contributed by atoms with Gasteiger partial charge in [-0.15, -0.1) is 0 Å². The Balaban J connectivity index is 1.74. The highest BCUT2D eigenvalue weighted by Gasteiger charge is 2.23. The Labute approximate surface area is 208 Å². The number of carbonyl (C=O) groups is 1. The van der Waals surface area contributed by atoms with Crippen molar-refractivity contribution in [2.75, 3.05) is 14.2 Å². The minimum atomic E-state index is -0.869. The highest BCUT2D eigenvalue weighted by atomic mass is 35.5. The zero-order valence-electron chi connectivity index (χ0n) is 20.0. The molecule has 1 aromatic heterocycles. The molecule has 0 aliphatic heterocycles. The minimum absolute atomic E-state index is 0.173. The number of carbonyl (C=O) groups excluding carboxylic acids is 1. The molecule has 0 radical (unpaired) electrons. The molecule has 35 heavy (non-hydrogen) atoms. The lowest BCUT2D eigenvalue weighted by molar-refractivity contribution is -0.147. The maximum Gasteiger partial charge on any atom is 0.346 e. The molecule has 1 saturated carbocycles. The quantitative estimate of drug-likeness (QED) is 0.339. The van der Waals surface area contributed by atoms with Gasteiger partial charge in [-0.2, -0.15) is 9.78 Å². The number of methoxy groups -OCH3 is 2. The van der Waals surface area contributed by atoms with Crippen LogP contribution in [0.3, 0.4) is 0 Å². The first kappa shape index (κ1) is 24.7. The number of nitrogens with zero attached hydrogens (tertiary/aromatic N) is 3. The van der Waals surface area contributed by atoms with E-state index >= 15 is 0 Å². The molecule has 3 aromatic rings. The van der Waals surface area contributed by atoms with E-state index in [4.69, 9.17) is 30.8 Å². The lowest BCUT2D eigenvalue weighted by Crippen LogP contribution is -2.25. The Morgan fingerprint density at radius 2 is 1.94 bits per heavy atom. The molecule has 0 spiro atoms. The molecule has 0 unspecified atom stereocenters. The molecule has 2 aromatic carbocycles. The van der Waals surface area contributed by atoms with Crippen molar-refractivity contribution in [1.82, 2.24) is 9.66 Å². The summed E-state index contributed by atoms with van der Waals surface area (Å²) < 4.78 is 17.2. The first-order valence-electron chi connectivity index (χ1n) is 11.6. The van der Waals surface area contributed by atoms with Gasteiger partial charge in [0.15, 0.2) is 17.6 Å². The second kappa shape index (κ2) is 10.9. The van der Waals surface area contributed by atoms with Crippen molar-refractivity contribution in [3.8, 4) is 11.5 Å². The number of rotatable bonds is 7. The maximum atomic E-state index is 13.4. The fourth-order valence-electron chi connectivity index (χ4n) is 4.32. The van der Waals surface area contributed by atoms with E-state index in [-0.39, 0.29) is 22.2 Å². The number of hydrogen-bond acceptors (Lipinski definition) is 7. The number of esters is 1. The van der Waals surface area contributed by atoms with Crippen molar-refractivity contribution in [2.24, 2.45) is 5.10 Å². The van der Waals surface area contributed by atoms with Gasteiger partial charge in [0, 0.05) is 5.92 Å². The first-order valence-corrected chi connectivity index (χ1v) is 12.0. The Bertz CT molecular complexity index is 1310. The van der Waals surface area contributed by atoms with Gasteiger partial charge in [0.05, 0.1) is 36.4 Å². The normalized spacial score (nSPS) is 15.3. The standard InChI is InChI=1S/C26H28ClN3O5/c1-16(26(32)34-3)35-23-20(27)13-17(14-22(23)33-2)15-28-30-24(18-9-5-4-6-10-18)29-21-12-8-7-11-19(21)25(30)31/h7-8,11-16,18H,4-6,9-10H2,1-3H3/t16-/m0/s1. The van der Waals surface area contributed by atoms with E-state index in [0.717, 1.165) is 25.7 Å². The summed E-state index contributed by atoms with van der Waals surface area (Å²) in [5, 5.41) is 5.29. The maximum absolute atomic E-state index is 13.4. The molecule has 1 atom stereocenters. The summed E-state index contributed by atoms with van der Waals surface area (Å²) in [4.78, 5) is 29.9. The van der Waals surface area contributed by atoms with E-state index in [1.807, 2.05) is 18.2 Å². The van der Waals surface area contributed by atoms with Crippen LogP contribution in [0.1, 0.15) is 56.3 Å². The molecular weight excluding hydrogens is 470 g/mol. The van der Waals surface area contributed by atoms with Gasteiger partial charge in [0.25, 0.3) is 5.56 Å². The van der Waals surface area contributed by atoms with Gasteiger partial charge in [-0.05, 0) is 49.6 Å². The van der Waals surface area contributed by atoms with Crippen LogP contribution >= 0.6 is 11.6 Å². The molecule has 1 aliphatic carbocycles. The van der Waals surface area contributed by atoms with Crippen molar-refractivity contribution in [3.63, 3.8) is 0 Å². The molecule has 1 fully saturated rings. The minimum Gasteiger partial charge on any atom is -0.493 e. The van der Waals surface area contributed by atoms with Crippen molar-refractivity contribution in [2.45, 2.75) is 51.0 Å². The van der Waals surface area contributed by atoms with Gasteiger partial charge in [-0.1, -0.05) is 43.0 Å². The number of aromatic nitrogens is 2. The zero-order valence-corrected chi connectivity index (χ0v) is 20.7. The van der Waals surface area contributed by atoms with Gasteiger partial charge >= 0.3 is 5.97 Å². The predicted octanol–water partition coefficient (Wildman–Crippen LogP) is 4.93. The van der Waals surface area contributed by atoms with E-state index < -0.39 is 12.1 Å². The second-order valence-electron chi connectivity index (χ2n) is 8.50. The molecule has 4 rings (SSSR count). The summed E-state index contributed by atoms with van der Waals surface area (Å²) in [6.45, 7) is 1.56. The third-order valence-electron chi connectivity index (χ3n) is 6.15. The van der Waals surface area contributed by atoms with Gasteiger partial charge in [-0.3, -0.25) is 4.79 Å². The molecular formula is C26H28ClN3O5. The number of benzene rings is 2. The van der Waals surface area contributed by atoms with Gasteiger partial charge in [-0.25, -0.2) is 9.78 Å². The largest absolute Gasteiger partial charge is 0.493 e. The van der Waals surface area contributed by atoms with Crippen LogP contribution in [-0.4, -0.2) is 42.2 Å². The summed E-state index contributed by atoms with van der Waals surface area (Å²) in [5.74, 6) is 0.858. The highest BCUT2D eigenvalue weighted by molar-refractivity contribution is 6.32. The average Bonchev–Trinajstić information content (AvgIpc) is 2.89. The first-order chi connectivity index (χ1) is 16.9. The number of para-hydroxylation sites is 1. The molecule has 0 N–H and O–H groups in total. The monoisotopic (exact) mass is 497 g/mol. The van der Waals surface area contributed by atoms with Crippen LogP contribution in [0, 0.1) is 0 Å². The van der Waals surface area contributed by atoms with Crippen molar-refractivity contribution >= 4 is 34.7 Å². The summed E-state index contributed by atoms with van der Waals surface area (Å²) in [6.07, 6.45) is 6.04. The summed E-state index contributed by atoms with van der Waals surface area (Å²) in [7, 11) is 2.76. The van der Waals surface area contributed by atoms with E-state index in [9.17, 15) is 9.59 Å². The van der Waals surface area contributed by atoms with Crippen LogP contribution in [0.5, 0.6) is 11.5 Å². The predicted molar refractivity (Wildman–Crippen MR) is 135 cm³/mol. The lowest BCUT2D eigenvalue weighted by atomic mass is 9.88. The van der Waals surface area contributed by atoms with Gasteiger partial charge in [0.2, 0.25) is 0 Å². The number of ether oxygens (including phenoxy) is 3. The molecule has 0 amide bonds. The fraction of sp³-hybridized carbons (Fsp3) is 0.385. The highest BCUT2D eigenvalue weighted by Crippen LogP contribution is 2.37.